The summed E-state index contributed by atoms with van der Waals surface area (Å²) in [5.41, 5.74) is 0. The van der Waals surface area contributed by atoms with E-state index in [2.05, 4.69) is 31.3 Å². The minimum Gasteiger partial charge on any atom is -0.314 e. The lowest BCUT2D eigenvalue weighted by molar-refractivity contribution is 0.418. The van der Waals surface area contributed by atoms with Crippen LogP contribution in [0.3, 0.4) is 0 Å². The average Bonchev–Trinajstić information content (AvgIpc) is 2.07. The molecule has 0 saturated heterocycles. The van der Waals surface area contributed by atoms with E-state index in [1.807, 2.05) is 0 Å². The molecule has 1 aliphatic rings. The second kappa shape index (κ2) is 7.05. The molecule has 0 aromatic heterocycles. The predicted molar refractivity (Wildman–Crippen MR) is 63.5 cm³/mol. The normalized spacial score (nSPS) is 25.8. The molecule has 0 fully saturated rings. The van der Waals surface area contributed by atoms with Crippen LogP contribution in [-0.4, -0.2) is 12.6 Å². The third-order valence-electron chi connectivity index (χ3n) is 2.93. The highest BCUT2D eigenvalue weighted by Gasteiger charge is 2.08. The van der Waals surface area contributed by atoms with Crippen molar-refractivity contribution < 1.29 is 0 Å². The van der Waals surface area contributed by atoms with E-state index in [0.717, 1.165) is 12.0 Å². The third-order valence-corrected chi connectivity index (χ3v) is 2.93. The summed E-state index contributed by atoms with van der Waals surface area (Å²) in [6, 6.07) is 0.777. The first-order valence-electron chi connectivity index (χ1n) is 6.17. The standard InChI is InChI=1S/C13H25N/c1-12(2)10-11-14-13-8-6-4-3-5-7-9-13/h3-4,12-14H,5-11H2,1-2H3/b4-3-. The lowest BCUT2D eigenvalue weighted by Gasteiger charge is -2.19. The van der Waals surface area contributed by atoms with E-state index in [-0.39, 0.29) is 0 Å². The summed E-state index contributed by atoms with van der Waals surface area (Å²) in [6.45, 7) is 5.79. The van der Waals surface area contributed by atoms with Gasteiger partial charge in [0.2, 0.25) is 0 Å². The van der Waals surface area contributed by atoms with Crippen LogP contribution in [0, 0.1) is 5.92 Å². The topological polar surface area (TPSA) is 12.0 Å². The molecule has 0 aromatic rings. The fourth-order valence-corrected chi connectivity index (χ4v) is 1.94. The van der Waals surface area contributed by atoms with E-state index in [1.165, 1.54) is 45.1 Å². The quantitative estimate of drug-likeness (QED) is 0.677. The Morgan fingerprint density at radius 1 is 1.21 bits per heavy atom. The van der Waals surface area contributed by atoms with Crippen LogP contribution in [0.2, 0.25) is 0 Å². The van der Waals surface area contributed by atoms with Crippen molar-refractivity contribution in [2.24, 2.45) is 5.92 Å². The monoisotopic (exact) mass is 195 g/mol. The molecule has 0 bridgehead atoms. The van der Waals surface area contributed by atoms with Crippen LogP contribution in [0.4, 0.5) is 0 Å². The lowest BCUT2D eigenvalue weighted by atomic mass is 10.0. The van der Waals surface area contributed by atoms with Crippen LogP contribution in [0.25, 0.3) is 0 Å². The molecule has 0 aliphatic heterocycles. The fourth-order valence-electron chi connectivity index (χ4n) is 1.94. The molecule has 0 radical (unpaired) electrons. The van der Waals surface area contributed by atoms with Gasteiger partial charge >= 0.3 is 0 Å². The summed E-state index contributed by atoms with van der Waals surface area (Å²) >= 11 is 0. The number of nitrogens with one attached hydrogen (secondary N) is 1. The molecule has 0 amide bonds. The van der Waals surface area contributed by atoms with E-state index in [1.54, 1.807) is 0 Å². The fraction of sp³-hybridized carbons (Fsp3) is 0.846. The molecule has 0 saturated carbocycles. The summed E-state index contributed by atoms with van der Waals surface area (Å²) in [5.74, 6) is 0.830. The molecular weight excluding hydrogens is 170 g/mol. The van der Waals surface area contributed by atoms with Crippen molar-refractivity contribution in [2.75, 3.05) is 6.54 Å². The summed E-state index contributed by atoms with van der Waals surface area (Å²) < 4.78 is 0. The van der Waals surface area contributed by atoms with Gasteiger partial charge in [-0.2, -0.15) is 0 Å². The van der Waals surface area contributed by atoms with Gasteiger partial charge in [-0.3, -0.25) is 0 Å². The number of allylic oxidation sites excluding steroid dienone is 2. The Morgan fingerprint density at radius 2 is 2.00 bits per heavy atom. The van der Waals surface area contributed by atoms with Crippen molar-refractivity contribution >= 4 is 0 Å². The second-order valence-corrected chi connectivity index (χ2v) is 4.81. The first-order chi connectivity index (χ1) is 6.79. The molecular formula is C13H25N. The summed E-state index contributed by atoms with van der Waals surface area (Å²) in [7, 11) is 0. The molecule has 1 rings (SSSR count). The highest BCUT2D eigenvalue weighted by Crippen LogP contribution is 2.12. The molecule has 1 N–H and O–H groups in total. The smallest absolute Gasteiger partial charge is 0.00701 e. The summed E-state index contributed by atoms with van der Waals surface area (Å²) in [5, 5.41) is 3.69. The van der Waals surface area contributed by atoms with Gasteiger partial charge in [0.15, 0.2) is 0 Å². The first-order valence-corrected chi connectivity index (χ1v) is 6.17. The van der Waals surface area contributed by atoms with Crippen LogP contribution >= 0.6 is 0 Å². The van der Waals surface area contributed by atoms with Crippen LogP contribution in [-0.2, 0) is 0 Å². The average molecular weight is 195 g/mol. The van der Waals surface area contributed by atoms with Crippen LogP contribution in [0.5, 0.6) is 0 Å². The Morgan fingerprint density at radius 3 is 2.79 bits per heavy atom. The maximum absolute atomic E-state index is 3.69. The Balaban J connectivity index is 2.12. The van der Waals surface area contributed by atoms with Gasteiger partial charge in [-0.05, 0) is 51.0 Å². The number of rotatable bonds is 4. The summed E-state index contributed by atoms with van der Waals surface area (Å²) in [6.07, 6.45) is 12.6. The van der Waals surface area contributed by atoms with Crippen molar-refractivity contribution in [1.29, 1.82) is 0 Å². The van der Waals surface area contributed by atoms with Crippen LogP contribution in [0.1, 0.15) is 52.4 Å². The van der Waals surface area contributed by atoms with Crippen molar-refractivity contribution in [3.63, 3.8) is 0 Å². The van der Waals surface area contributed by atoms with Gasteiger partial charge in [0, 0.05) is 6.04 Å². The molecule has 1 atom stereocenters. The van der Waals surface area contributed by atoms with Gasteiger partial charge in [-0.25, -0.2) is 0 Å². The molecule has 1 nitrogen and oxygen atoms in total. The third kappa shape index (κ3) is 5.43. The largest absolute Gasteiger partial charge is 0.314 e. The SMILES string of the molecule is CC(C)CCNC1CC/C=C\CCC1. The Kier molecular flexibility index (Phi) is 5.93. The molecule has 0 spiro atoms. The van der Waals surface area contributed by atoms with Crippen molar-refractivity contribution in [3.8, 4) is 0 Å². The first kappa shape index (κ1) is 11.8. The van der Waals surface area contributed by atoms with E-state index in [4.69, 9.17) is 0 Å². The van der Waals surface area contributed by atoms with Crippen molar-refractivity contribution in [2.45, 2.75) is 58.4 Å². The molecule has 1 aliphatic carbocycles. The minimum absolute atomic E-state index is 0.777. The Hall–Kier alpha value is -0.300. The van der Waals surface area contributed by atoms with Crippen molar-refractivity contribution in [3.05, 3.63) is 12.2 Å². The molecule has 0 heterocycles. The molecule has 0 aromatic carbocycles. The van der Waals surface area contributed by atoms with Gasteiger partial charge in [0.25, 0.3) is 0 Å². The minimum atomic E-state index is 0.777. The maximum atomic E-state index is 3.69. The van der Waals surface area contributed by atoms with E-state index >= 15 is 0 Å². The predicted octanol–water partition coefficient (Wildman–Crippen LogP) is 3.51. The van der Waals surface area contributed by atoms with E-state index in [0.29, 0.717) is 0 Å². The second-order valence-electron chi connectivity index (χ2n) is 4.81. The molecule has 1 heteroatoms. The molecule has 1 unspecified atom stereocenters. The number of hydrogen-bond donors (Lipinski definition) is 1. The highest BCUT2D eigenvalue weighted by atomic mass is 14.9. The maximum Gasteiger partial charge on any atom is 0.00701 e. The molecule has 82 valence electrons. The zero-order valence-corrected chi connectivity index (χ0v) is 9.76. The van der Waals surface area contributed by atoms with E-state index in [9.17, 15) is 0 Å². The van der Waals surface area contributed by atoms with Gasteiger partial charge in [0.1, 0.15) is 0 Å². The lowest BCUT2D eigenvalue weighted by Crippen LogP contribution is -2.30. The van der Waals surface area contributed by atoms with Crippen molar-refractivity contribution in [1.82, 2.24) is 5.32 Å². The zero-order chi connectivity index (χ0) is 10.2. The Labute approximate surface area is 89.0 Å². The van der Waals surface area contributed by atoms with Gasteiger partial charge in [-0.15, -0.1) is 0 Å². The summed E-state index contributed by atoms with van der Waals surface area (Å²) in [4.78, 5) is 0. The number of hydrogen-bond acceptors (Lipinski definition) is 1. The van der Waals surface area contributed by atoms with E-state index < -0.39 is 0 Å². The zero-order valence-electron chi connectivity index (χ0n) is 9.76. The Bertz CT molecular complexity index is 161. The van der Waals surface area contributed by atoms with Crippen LogP contribution < -0.4 is 5.32 Å². The van der Waals surface area contributed by atoms with Gasteiger partial charge in [-0.1, -0.05) is 26.0 Å². The van der Waals surface area contributed by atoms with Gasteiger partial charge < -0.3 is 5.32 Å². The van der Waals surface area contributed by atoms with Crippen LogP contribution in [0.15, 0.2) is 12.2 Å². The highest BCUT2D eigenvalue weighted by molar-refractivity contribution is 4.86. The molecule has 14 heavy (non-hydrogen) atoms. The van der Waals surface area contributed by atoms with Gasteiger partial charge in [0.05, 0.1) is 0 Å².